The summed E-state index contributed by atoms with van der Waals surface area (Å²) in [5.74, 6) is 0.807. The van der Waals surface area contributed by atoms with Gasteiger partial charge in [-0.2, -0.15) is 5.10 Å². The van der Waals surface area contributed by atoms with E-state index in [4.69, 9.17) is 30.5 Å². The third-order valence-electron chi connectivity index (χ3n) is 4.38. The molecule has 9 heteroatoms. The second kappa shape index (κ2) is 12.3. The molecule has 0 bridgehead atoms. The number of hydrogen-bond donors (Lipinski definition) is 1. The van der Waals surface area contributed by atoms with Crippen LogP contribution in [0.1, 0.15) is 22.8 Å². The van der Waals surface area contributed by atoms with Crippen LogP contribution in [-0.2, 0) is 4.79 Å². The molecule has 0 atom stereocenters. The monoisotopic (exact) mass is 482 g/mol. The average molecular weight is 483 g/mol. The molecule has 3 aromatic carbocycles. The van der Waals surface area contributed by atoms with Gasteiger partial charge in [-0.15, -0.1) is 0 Å². The van der Waals surface area contributed by atoms with Crippen molar-refractivity contribution in [1.82, 2.24) is 5.43 Å². The van der Waals surface area contributed by atoms with Gasteiger partial charge >= 0.3 is 5.97 Å². The molecule has 0 aliphatic heterocycles. The van der Waals surface area contributed by atoms with Crippen molar-refractivity contribution in [3.63, 3.8) is 0 Å². The predicted octanol–water partition coefficient (Wildman–Crippen LogP) is 4.50. The van der Waals surface area contributed by atoms with Gasteiger partial charge in [-0.1, -0.05) is 11.6 Å². The number of halogens is 1. The van der Waals surface area contributed by atoms with Gasteiger partial charge in [0.05, 0.1) is 25.5 Å². The van der Waals surface area contributed by atoms with Crippen LogP contribution in [0, 0.1) is 0 Å². The third-order valence-corrected chi connectivity index (χ3v) is 4.63. The molecule has 0 saturated carbocycles. The standard InChI is InChI=1S/C25H23ClN2O6/c1-3-32-20-9-5-18(6-10-20)25(30)34-22-13-4-17(14-23(22)31-2)15-27-28-24(29)16-33-21-11-7-19(26)8-12-21/h4-15H,3,16H2,1-2H3,(H,28,29). The van der Waals surface area contributed by atoms with E-state index in [1.165, 1.54) is 13.3 Å². The molecule has 34 heavy (non-hydrogen) atoms. The lowest BCUT2D eigenvalue weighted by molar-refractivity contribution is -0.123. The van der Waals surface area contributed by atoms with Crippen LogP contribution in [0.25, 0.3) is 0 Å². The zero-order chi connectivity index (χ0) is 24.3. The summed E-state index contributed by atoms with van der Waals surface area (Å²) >= 11 is 5.81. The van der Waals surface area contributed by atoms with E-state index in [1.54, 1.807) is 66.7 Å². The number of hydrogen-bond acceptors (Lipinski definition) is 7. The van der Waals surface area contributed by atoms with Gasteiger partial charge < -0.3 is 18.9 Å². The zero-order valence-corrected chi connectivity index (χ0v) is 19.4. The van der Waals surface area contributed by atoms with Gasteiger partial charge in [0.25, 0.3) is 5.91 Å². The molecule has 3 aromatic rings. The van der Waals surface area contributed by atoms with Crippen molar-refractivity contribution < 1.29 is 28.5 Å². The Morgan fingerprint density at radius 1 is 0.941 bits per heavy atom. The number of benzene rings is 3. The van der Waals surface area contributed by atoms with Crippen molar-refractivity contribution in [2.24, 2.45) is 5.10 Å². The maximum atomic E-state index is 12.5. The van der Waals surface area contributed by atoms with Crippen LogP contribution < -0.4 is 24.4 Å². The third kappa shape index (κ3) is 7.25. The van der Waals surface area contributed by atoms with Crippen LogP contribution in [0.2, 0.25) is 5.02 Å². The van der Waals surface area contributed by atoms with Crippen LogP contribution in [0.4, 0.5) is 0 Å². The number of methoxy groups -OCH3 is 1. The lowest BCUT2D eigenvalue weighted by atomic mass is 10.2. The molecule has 0 radical (unpaired) electrons. The first-order valence-corrected chi connectivity index (χ1v) is 10.7. The van der Waals surface area contributed by atoms with E-state index in [-0.39, 0.29) is 12.4 Å². The highest BCUT2D eigenvalue weighted by Gasteiger charge is 2.13. The minimum atomic E-state index is -0.532. The molecule has 0 aliphatic carbocycles. The molecule has 1 amide bonds. The van der Waals surface area contributed by atoms with Crippen molar-refractivity contribution in [2.45, 2.75) is 6.92 Å². The molecule has 8 nitrogen and oxygen atoms in total. The first kappa shape index (κ1) is 24.6. The Bertz CT molecular complexity index is 1150. The summed E-state index contributed by atoms with van der Waals surface area (Å²) < 4.78 is 21.5. The Morgan fingerprint density at radius 3 is 2.29 bits per heavy atom. The fourth-order valence-corrected chi connectivity index (χ4v) is 2.88. The highest BCUT2D eigenvalue weighted by molar-refractivity contribution is 6.30. The summed E-state index contributed by atoms with van der Waals surface area (Å²) in [7, 11) is 1.46. The molecule has 0 saturated heterocycles. The van der Waals surface area contributed by atoms with Gasteiger partial charge in [-0.25, -0.2) is 10.2 Å². The summed E-state index contributed by atoms with van der Waals surface area (Å²) in [6.07, 6.45) is 1.43. The van der Waals surface area contributed by atoms with E-state index in [0.29, 0.717) is 40.0 Å². The molecule has 176 valence electrons. The second-order valence-corrected chi connectivity index (χ2v) is 7.23. The molecule has 3 rings (SSSR count). The van der Waals surface area contributed by atoms with Gasteiger partial charge in [-0.3, -0.25) is 4.79 Å². The smallest absolute Gasteiger partial charge is 0.343 e. The highest BCUT2D eigenvalue weighted by Crippen LogP contribution is 2.28. The highest BCUT2D eigenvalue weighted by atomic mass is 35.5. The van der Waals surface area contributed by atoms with Gasteiger partial charge in [0.15, 0.2) is 18.1 Å². The Balaban J connectivity index is 1.55. The minimum absolute atomic E-state index is 0.206. The molecular weight excluding hydrogens is 460 g/mol. The maximum absolute atomic E-state index is 12.5. The SMILES string of the molecule is CCOc1ccc(C(=O)Oc2ccc(C=NNC(=O)COc3ccc(Cl)cc3)cc2OC)cc1. The quantitative estimate of drug-likeness (QED) is 0.198. The summed E-state index contributed by atoms with van der Waals surface area (Å²) in [5.41, 5.74) is 3.37. The van der Waals surface area contributed by atoms with Crippen molar-refractivity contribution in [3.8, 4) is 23.0 Å². The normalized spacial score (nSPS) is 10.6. The van der Waals surface area contributed by atoms with Gasteiger partial charge in [0.1, 0.15) is 11.5 Å². The van der Waals surface area contributed by atoms with E-state index in [1.807, 2.05) is 6.92 Å². The summed E-state index contributed by atoms with van der Waals surface area (Å²) in [4.78, 5) is 24.4. The molecule has 0 spiro atoms. The molecule has 0 unspecified atom stereocenters. The molecule has 0 fully saturated rings. The second-order valence-electron chi connectivity index (χ2n) is 6.79. The van der Waals surface area contributed by atoms with E-state index in [2.05, 4.69) is 10.5 Å². The molecular formula is C25H23ClN2O6. The average Bonchev–Trinajstić information content (AvgIpc) is 2.85. The number of rotatable bonds is 10. The lowest BCUT2D eigenvalue weighted by Crippen LogP contribution is -2.24. The van der Waals surface area contributed by atoms with Crippen LogP contribution in [0.3, 0.4) is 0 Å². The fraction of sp³-hybridized carbons (Fsp3) is 0.160. The first-order valence-electron chi connectivity index (χ1n) is 10.3. The molecule has 1 N–H and O–H groups in total. The maximum Gasteiger partial charge on any atom is 0.343 e. The van der Waals surface area contributed by atoms with Crippen LogP contribution in [0.5, 0.6) is 23.0 Å². The summed E-state index contributed by atoms with van der Waals surface area (Å²) in [6.45, 7) is 2.22. The molecule has 0 aromatic heterocycles. The summed E-state index contributed by atoms with van der Waals surface area (Å²) in [6, 6.07) is 18.2. The van der Waals surface area contributed by atoms with Crippen LogP contribution in [-0.4, -0.2) is 38.4 Å². The topological polar surface area (TPSA) is 95.5 Å². The Kier molecular flexibility index (Phi) is 8.88. The fourth-order valence-electron chi connectivity index (χ4n) is 2.75. The summed E-state index contributed by atoms with van der Waals surface area (Å²) in [5, 5.41) is 4.48. The number of nitrogens with one attached hydrogen (secondary N) is 1. The number of carbonyl (C=O) groups is 2. The van der Waals surface area contributed by atoms with Gasteiger partial charge in [0.2, 0.25) is 0 Å². The minimum Gasteiger partial charge on any atom is -0.494 e. The van der Waals surface area contributed by atoms with Crippen LogP contribution >= 0.6 is 11.6 Å². The Hall–Kier alpha value is -4.04. The van der Waals surface area contributed by atoms with Crippen molar-refractivity contribution in [2.75, 3.05) is 20.3 Å². The largest absolute Gasteiger partial charge is 0.494 e. The number of hydrazone groups is 1. The first-order chi connectivity index (χ1) is 16.5. The molecule has 0 heterocycles. The lowest BCUT2D eigenvalue weighted by Gasteiger charge is -2.10. The zero-order valence-electron chi connectivity index (χ0n) is 18.6. The number of nitrogens with zero attached hydrogens (tertiary/aromatic N) is 1. The Labute approximate surface area is 202 Å². The predicted molar refractivity (Wildman–Crippen MR) is 128 cm³/mol. The Morgan fingerprint density at radius 2 is 1.62 bits per heavy atom. The van der Waals surface area contributed by atoms with Crippen molar-refractivity contribution in [3.05, 3.63) is 82.9 Å². The number of esters is 1. The van der Waals surface area contributed by atoms with Crippen molar-refractivity contribution >= 4 is 29.7 Å². The van der Waals surface area contributed by atoms with E-state index >= 15 is 0 Å². The van der Waals surface area contributed by atoms with E-state index in [9.17, 15) is 9.59 Å². The number of carbonyl (C=O) groups excluding carboxylic acids is 2. The van der Waals surface area contributed by atoms with Crippen LogP contribution in [0.15, 0.2) is 71.8 Å². The van der Waals surface area contributed by atoms with E-state index in [0.717, 1.165) is 0 Å². The van der Waals surface area contributed by atoms with Crippen molar-refractivity contribution in [1.29, 1.82) is 0 Å². The van der Waals surface area contributed by atoms with Gasteiger partial charge in [0, 0.05) is 5.02 Å². The van der Waals surface area contributed by atoms with E-state index < -0.39 is 11.9 Å². The number of amides is 1. The van der Waals surface area contributed by atoms with Gasteiger partial charge in [-0.05, 0) is 79.2 Å². The molecule has 0 aliphatic rings. The number of ether oxygens (including phenoxy) is 4.